The van der Waals surface area contributed by atoms with Crippen LogP contribution in [-0.4, -0.2) is 24.0 Å². The van der Waals surface area contributed by atoms with E-state index in [1.165, 1.54) is 7.11 Å². The highest BCUT2D eigenvalue weighted by molar-refractivity contribution is 6.02. The Balaban J connectivity index is 2.70. The molecule has 4 nitrogen and oxygen atoms in total. The fraction of sp³-hybridized carbons (Fsp3) is 0.250. The van der Waals surface area contributed by atoms with E-state index in [1.54, 1.807) is 18.2 Å². The molecule has 0 aromatic carbocycles. The van der Waals surface area contributed by atoms with E-state index in [1.807, 2.05) is 0 Å². The molecule has 4 heteroatoms. The summed E-state index contributed by atoms with van der Waals surface area (Å²) in [4.78, 5) is 10.9. The number of oxime groups is 1. The van der Waals surface area contributed by atoms with Crippen LogP contribution >= 0.6 is 0 Å². The summed E-state index contributed by atoms with van der Waals surface area (Å²) in [5, 5.41) is 11.4. The first-order valence-corrected chi connectivity index (χ1v) is 3.45. The second kappa shape index (κ2) is 3.71. The first kappa shape index (κ1) is 8.52. The summed E-state index contributed by atoms with van der Waals surface area (Å²) >= 11 is 0. The second-order valence-corrected chi connectivity index (χ2v) is 2.28. The molecular formula is C8H9NO3. The van der Waals surface area contributed by atoms with Crippen LogP contribution in [0.3, 0.4) is 0 Å². The number of hydrogen-bond donors (Lipinski definition) is 1. The number of nitrogens with zero attached hydrogens (tertiary/aromatic N) is 1. The Labute approximate surface area is 69.8 Å². The van der Waals surface area contributed by atoms with Crippen LogP contribution < -0.4 is 0 Å². The fourth-order valence-electron chi connectivity index (χ4n) is 0.880. The number of carbonyl (C=O) groups excluding carboxylic acids is 1. The Hall–Kier alpha value is -1.58. The van der Waals surface area contributed by atoms with Gasteiger partial charge in [0.25, 0.3) is 0 Å². The predicted molar refractivity (Wildman–Crippen MR) is 43.1 cm³/mol. The summed E-state index contributed by atoms with van der Waals surface area (Å²) in [6.07, 6.45) is 5.24. The SMILES string of the molecule is COC(=O)C1=CCC(=NO)C=C1. The molecule has 0 radical (unpaired) electrons. The molecule has 12 heavy (non-hydrogen) atoms. The van der Waals surface area contributed by atoms with Crippen molar-refractivity contribution in [2.24, 2.45) is 5.16 Å². The molecule has 64 valence electrons. The molecule has 1 rings (SSSR count). The van der Waals surface area contributed by atoms with E-state index in [2.05, 4.69) is 9.89 Å². The largest absolute Gasteiger partial charge is 0.465 e. The van der Waals surface area contributed by atoms with Crippen molar-refractivity contribution in [3.05, 3.63) is 23.8 Å². The lowest BCUT2D eigenvalue weighted by Gasteiger charge is -2.04. The quantitative estimate of drug-likeness (QED) is 0.358. The zero-order chi connectivity index (χ0) is 8.97. The molecule has 0 saturated carbocycles. The molecule has 0 fully saturated rings. The van der Waals surface area contributed by atoms with Gasteiger partial charge in [0.05, 0.1) is 18.4 Å². The minimum atomic E-state index is -0.372. The maximum Gasteiger partial charge on any atom is 0.337 e. The zero-order valence-corrected chi connectivity index (χ0v) is 6.65. The van der Waals surface area contributed by atoms with Gasteiger partial charge in [-0.25, -0.2) is 4.79 Å². The lowest BCUT2D eigenvalue weighted by molar-refractivity contribution is -0.135. The smallest absolute Gasteiger partial charge is 0.337 e. The standard InChI is InChI=1S/C8H9NO3/c1-12-8(10)6-2-4-7(9-11)5-3-6/h2-4,11H,5H2,1H3. The Bertz CT molecular complexity index is 276. The van der Waals surface area contributed by atoms with Crippen LogP contribution in [0.5, 0.6) is 0 Å². The molecule has 0 amide bonds. The lowest BCUT2D eigenvalue weighted by atomic mass is 10.1. The summed E-state index contributed by atoms with van der Waals surface area (Å²) in [7, 11) is 1.33. The number of ether oxygens (including phenoxy) is 1. The van der Waals surface area contributed by atoms with Gasteiger partial charge in [-0.2, -0.15) is 0 Å². The molecule has 0 aromatic heterocycles. The van der Waals surface area contributed by atoms with E-state index < -0.39 is 0 Å². The molecule has 1 aliphatic carbocycles. The monoisotopic (exact) mass is 167 g/mol. The normalized spacial score (nSPS) is 19.1. The van der Waals surface area contributed by atoms with Gasteiger partial charge >= 0.3 is 5.97 Å². The first-order valence-electron chi connectivity index (χ1n) is 3.45. The molecule has 0 saturated heterocycles. The number of methoxy groups -OCH3 is 1. The van der Waals surface area contributed by atoms with Crippen molar-refractivity contribution in [3.8, 4) is 0 Å². The van der Waals surface area contributed by atoms with Crippen molar-refractivity contribution in [1.82, 2.24) is 0 Å². The lowest BCUT2D eigenvalue weighted by Crippen LogP contribution is -2.07. The number of esters is 1. The highest BCUT2D eigenvalue weighted by Gasteiger charge is 2.09. The molecule has 1 aliphatic rings. The molecule has 0 unspecified atom stereocenters. The van der Waals surface area contributed by atoms with Crippen LogP contribution in [0.2, 0.25) is 0 Å². The van der Waals surface area contributed by atoms with Crippen LogP contribution in [0.1, 0.15) is 6.42 Å². The van der Waals surface area contributed by atoms with Crippen LogP contribution in [-0.2, 0) is 9.53 Å². The number of allylic oxidation sites excluding steroid dienone is 2. The summed E-state index contributed by atoms with van der Waals surface area (Å²) in [6, 6.07) is 0. The topological polar surface area (TPSA) is 58.9 Å². The molecule has 0 bridgehead atoms. The third-order valence-corrected chi connectivity index (χ3v) is 1.54. The number of carbonyl (C=O) groups is 1. The van der Waals surface area contributed by atoms with Gasteiger partial charge in [-0.3, -0.25) is 0 Å². The van der Waals surface area contributed by atoms with E-state index in [0.717, 1.165) is 0 Å². The highest BCUT2D eigenvalue weighted by atomic mass is 16.5. The minimum absolute atomic E-state index is 0.372. The highest BCUT2D eigenvalue weighted by Crippen LogP contribution is 2.09. The van der Waals surface area contributed by atoms with Crippen molar-refractivity contribution in [2.75, 3.05) is 7.11 Å². The second-order valence-electron chi connectivity index (χ2n) is 2.28. The van der Waals surface area contributed by atoms with Crippen molar-refractivity contribution >= 4 is 11.7 Å². The number of rotatable bonds is 1. The zero-order valence-electron chi connectivity index (χ0n) is 6.65. The Morgan fingerprint density at radius 1 is 1.67 bits per heavy atom. The molecule has 0 spiro atoms. The van der Waals surface area contributed by atoms with Crippen molar-refractivity contribution < 1.29 is 14.7 Å². The van der Waals surface area contributed by atoms with E-state index >= 15 is 0 Å². The van der Waals surface area contributed by atoms with E-state index in [0.29, 0.717) is 17.7 Å². The van der Waals surface area contributed by atoms with Crippen LogP contribution in [0.15, 0.2) is 29.0 Å². The molecule has 0 aromatic rings. The molecule has 0 aliphatic heterocycles. The van der Waals surface area contributed by atoms with Gasteiger partial charge in [0.1, 0.15) is 0 Å². The number of hydrogen-bond acceptors (Lipinski definition) is 4. The Morgan fingerprint density at radius 3 is 2.83 bits per heavy atom. The average Bonchev–Trinajstić information content (AvgIpc) is 2.17. The van der Waals surface area contributed by atoms with Gasteiger partial charge in [0.2, 0.25) is 0 Å². The third-order valence-electron chi connectivity index (χ3n) is 1.54. The summed E-state index contributed by atoms with van der Waals surface area (Å²) < 4.78 is 4.50. The van der Waals surface area contributed by atoms with E-state index in [4.69, 9.17) is 5.21 Å². The van der Waals surface area contributed by atoms with Crippen LogP contribution in [0.4, 0.5) is 0 Å². The summed E-state index contributed by atoms with van der Waals surface area (Å²) in [5.41, 5.74) is 1.02. The molecule has 0 atom stereocenters. The van der Waals surface area contributed by atoms with Crippen molar-refractivity contribution in [2.45, 2.75) is 6.42 Å². The van der Waals surface area contributed by atoms with Gasteiger partial charge in [0.15, 0.2) is 0 Å². The Morgan fingerprint density at radius 2 is 2.42 bits per heavy atom. The molecule has 0 heterocycles. The summed E-state index contributed by atoms with van der Waals surface area (Å²) in [5.74, 6) is -0.372. The minimum Gasteiger partial charge on any atom is -0.465 e. The fourth-order valence-corrected chi connectivity index (χ4v) is 0.880. The third kappa shape index (κ3) is 1.72. The van der Waals surface area contributed by atoms with Gasteiger partial charge < -0.3 is 9.94 Å². The molecule has 1 N–H and O–H groups in total. The average molecular weight is 167 g/mol. The van der Waals surface area contributed by atoms with Crippen LogP contribution in [0, 0.1) is 0 Å². The van der Waals surface area contributed by atoms with Crippen molar-refractivity contribution in [1.29, 1.82) is 0 Å². The van der Waals surface area contributed by atoms with Gasteiger partial charge in [-0.1, -0.05) is 11.2 Å². The van der Waals surface area contributed by atoms with Gasteiger partial charge in [-0.05, 0) is 12.2 Å². The maximum atomic E-state index is 10.9. The molecular weight excluding hydrogens is 158 g/mol. The Kier molecular flexibility index (Phi) is 2.63. The maximum absolute atomic E-state index is 10.9. The predicted octanol–water partition coefficient (Wildman–Crippen LogP) is 0.876. The van der Waals surface area contributed by atoms with Gasteiger partial charge in [0, 0.05) is 6.42 Å². The van der Waals surface area contributed by atoms with E-state index in [-0.39, 0.29) is 5.97 Å². The van der Waals surface area contributed by atoms with Gasteiger partial charge in [-0.15, -0.1) is 0 Å². The summed E-state index contributed by atoms with van der Waals surface area (Å²) in [6.45, 7) is 0. The van der Waals surface area contributed by atoms with E-state index in [9.17, 15) is 4.79 Å². The first-order chi connectivity index (χ1) is 5.77. The van der Waals surface area contributed by atoms with Crippen LogP contribution in [0.25, 0.3) is 0 Å². The van der Waals surface area contributed by atoms with Crippen molar-refractivity contribution in [3.63, 3.8) is 0 Å².